The molecule has 1 aromatic heterocycles. The Balaban J connectivity index is 1.59. The van der Waals surface area contributed by atoms with Crippen LogP contribution in [0.15, 0.2) is 0 Å². The number of amides is 1. The Morgan fingerprint density at radius 2 is 1.88 bits per heavy atom. The fraction of sp³-hybridized carbons (Fsp3) is 0.611. The Morgan fingerprint density at radius 1 is 1.16 bits per heavy atom. The van der Waals surface area contributed by atoms with E-state index in [2.05, 4.69) is 11.4 Å². The van der Waals surface area contributed by atoms with Crippen molar-refractivity contribution in [3.63, 3.8) is 0 Å². The molecule has 4 atom stereocenters. The van der Waals surface area contributed by atoms with Gasteiger partial charge >= 0.3 is 5.97 Å². The van der Waals surface area contributed by atoms with Crippen LogP contribution >= 0.6 is 11.3 Å². The molecule has 3 heterocycles. The van der Waals surface area contributed by atoms with Crippen molar-refractivity contribution in [2.45, 2.75) is 57.2 Å². The highest BCUT2D eigenvalue weighted by Crippen LogP contribution is 2.45. The standard InChI is InChI=1S/C18H20N2O4S/c19-8-10-9-4-2-1-3-5-13(9)25-17(10)20-16(21)14-11-6-7-12(24-11)15(14)18(22)23/h11-12,14-15H,1-7H2,(H,20,21)(H,22,23)/t11-,12-,14-,15+/m1/s1. The monoisotopic (exact) mass is 360 g/mol. The zero-order valence-electron chi connectivity index (χ0n) is 13.8. The molecule has 0 aromatic carbocycles. The Bertz CT molecular complexity index is 766. The summed E-state index contributed by atoms with van der Waals surface area (Å²) in [6.45, 7) is 0. The first-order valence-electron chi connectivity index (χ1n) is 8.84. The quantitative estimate of drug-likeness (QED) is 0.808. The normalized spacial score (nSPS) is 30.4. The van der Waals surface area contributed by atoms with Gasteiger partial charge in [-0.1, -0.05) is 6.42 Å². The average molecular weight is 360 g/mol. The molecule has 1 amide bonds. The third-order valence-electron chi connectivity index (χ3n) is 5.63. The summed E-state index contributed by atoms with van der Waals surface area (Å²) < 4.78 is 5.67. The van der Waals surface area contributed by atoms with Crippen molar-refractivity contribution < 1.29 is 19.4 Å². The second-order valence-electron chi connectivity index (χ2n) is 7.05. The van der Waals surface area contributed by atoms with E-state index in [1.165, 1.54) is 16.2 Å². The van der Waals surface area contributed by atoms with Crippen molar-refractivity contribution in [1.29, 1.82) is 5.26 Å². The van der Waals surface area contributed by atoms with Gasteiger partial charge in [-0.05, 0) is 44.1 Å². The molecule has 2 fully saturated rings. The Hall–Kier alpha value is -1.91. The number of hydrogen-bond acceptors (Lipinski definition) is 5. The number of nitrogens with zero attached hydrogens (tertiary/aromatic N) is 1. The fourth-order valence-electron chi connectivity index (χ4n) is 4.47. The van der Waals surface area contributed by atoms with Gasteiger partial charge in [-0.2, -0.15) is 5.26 Å². The first-order chi connectivity index (χ1) is 12.1. The van der Waals surface area contributed by atoms with Gasteiger partial charge in [0.2, 0.25) is 5.91 Å². The number of nitrogens with one attached hydrogen (secondary N) is 1. The van der Waals surface area contributed by atoms with Gasteiger partial charge in [-0.25, -0.2) is 0 Å². The number of carbonyl (C=O) groups is 2. The lowest BCUT2D eigenvalue weighted by atomic mass is 9.79. The van der Waals surface area contributed by atoms with E-state index >= 15 is 0 Å². The van der Waals surface area contributed by atoms with E-state index in [9.17, 15) is 20.0 Å². The van der Waals surface area contributed by atoms with Crippen LogP contribution in [0.2, 0.25) is 0 Å². The first-order valence-corrected chi connectivity index (χ1v) is 9.65. The topological polar surface area (TPSA) is 99.4 Å². The SMILES string of the molecule is N#Cc1c(NC(=O)[C@H]2[C@@H](C(=O)O)[C@H]3CC[C@H]2O3)sc2c1CCCCC2. The summed E-state index contributed by atoms with van der Waals surface area (Å²) >= 11 is 1.47. The second kappa shape index (κ2) is 6.43. The summed E-state index contributed by atoms with van der Waals surface area (Å²) in [5.41, 5.74) is 1.63. The Labute approximate surface area is 149 Å². The molecule has 1 aliphatic carbocycles. The molecule has 25 heavy (non-hydrogen) atoms. The minimum atomic E-state index is -0.977. The fourth-order valence-corrected chi connectivity index (χ4v) is 5.71. The molecule has 2 saturated heterocycles. The van der Waals surface area contributed by atoms with E-state index in [0.29, 0.717) is 17.0 Å². The highest BCUT2D eigenvalue weighted by Gasteiger charge is 2.55. The number of nitriles is 1. The highest BCUT2D eigenvalue weighted by molar-refractivity contribution is 7.16. The van der Waals surface area contributed by atoms with Gasteiger partial charge in [-0.3, -0.25) is 9.59 Å². The number of ether oxygens (including phenoxy) is 1. The molecule has 2 N–H and O–H groups in total. The van der Waals surface area contributed by atoms with Gasteiger partial charge in [0.1, 0.15) is 11.1 Å². The predicted molar refractivity (Wildman–Crippen MR) is 91.4 cm³/mol. The number of anilines is 1. The van der Waals surface area contributed by atoms with E-state index < -0.39 is 17.8 Å². The molecule has 0 radical (unpaired) electrons. The van der Waals surface area contributed by atoms with Gasteiger partial charge in [0, 0.05) is 4.88 Å². The summed E-state index contributed by atoms with van der Waals surface area (Å²) in [4.78, 5) is 25.6. The number of carboxylic acid groups (broad SMARTS) is 1. The number of aryl methyl sites for hydroxylation is 1. The molecule has 3 aliphatic rings. The van der Waals surface area contributed by atoms with Crippen LogP contribution in [-0.2, 0) is 27.2 Å². The lowest BCUT2D eigenvalue weighted by Crippen LogP contribution is -2.40. The van der Waals surface area contributed by atoms with Crippen LogP contribution in [0.4, 0.5) is 5.00 Å². The third-order valence-corrected chi connectivity index (χ3v) is 6.84. The molecule has 4 rings (SSSR count). The van der Waals surface area contributed by atoms with E-state index in [1.54, 1.807) is 0 Å². The maximum Gasteiger partial charge on any atom is 0.310 e. The second-order valence-corrected chi connectivity index (χ2v) is 8.15. The summed E-state index contributed by atoms with van der Waals surface area (Å²) in [6.07, 6.45) is 5.87. The van der Waals surface area contributed by atoms with Gasteiger partial charge in [-0.15, -0.1) is 11.3 Å². The van der Waals surface area contributed by atoms with E-state index in [0.717, 1.165) is 44.1 Å². The zero-order chi connectivity index (χ0) is 17.6. The van der Waals surface area contributed by atoms with Crippen molar-refractivity contribution in [2.75, 3.05) is 5.32 Å². The van der Waals surface area contributed by atoms with Crippen LogP contribution in [0.3, 0.4) is 0 Å². The average Bonchev–Trinajstić information content (AvgIpc) is 3.23. The van der Waals surface area contributed by atoms with Crippen LogP contribution in [0.25, 0.3) is 0 Å². The molecule has 2 bridgehead atoms. The number of carbonyl (C=O) groups excluding carboxylic acids is 1. The largest absolute Gasteiger partial charge is 0.481 e. The molecule has 2 aliphatic heterocycles. The lowest BCUT2D eigenvalue weighted by Gasteiger charge is -2.23. The van der Waals surface area contributed by atoms with E-state index in [1.807, 2.05) is 0 Å². The van der Waals surface area contributed by atoms with Crippen LogP contribution in [-0.4, -0.2) is 29.2 Å². The van der Waals surface area contributed by atoms with Crippen LogP contribution in [0.5, 0.6) is 0 Å². The van der Waals surface area contributed by atoms with Crippen LogP contribution in [0.1, 0.15) is 48.1 Å². The number of fused-ring (bicyclic) bond motifs is 3. The summed E-state index contributed by atoms with van der Waals surface area (Å²) in [7, 11) is 0. The van der Waals surface area contributed by atoms with Crippen LogP contribution in [0, 0.1) is 23.2 Å². The van der Waals surface area contributed by atoms with E-state index in [-0.39, 0.29) is 18.1 Å². The zero-order valence-corrected chi connectivity index (χ0v) is 14.6. The van der Waals surface area contributed by atoms with Crippen molar-refractivity contribution >= 4 is 28.2 Å². The molecule has 0 saturated carbocycles. The predicted octanol–water partition coefficient (Wildman–Crippen LogP) is 2.71. The molecule has 6 nitrogen and oxygen atoms in total. The van der Waals surface area contributed by atoms with Crippen molar-refractivity contribution in [2.24, 2.45) is 11.8 Å². The third kappa shape index (κ3) is 2.74. The maximum absolute atomic E-state index is 12.8. The summed E-state index contributed by atoms with van der Waals surface area (Å²) in [5.74, 6) is -2.77. The Morgan fingerprint density at radius 3 is 2.60 bits per heavy atom. The highest BCUT2D eigenvalue weighted by atomic mass is 32.1. The molecule has 0 unspecified atom stereocenters. The van der Waals surface area contributed by atoms with Gasteiger partial charge in [0.25, 0.3) is 0 Å². The smallest absolute Gasteiger partial charge is 0.310 e. The number of carboxylic acids is 1. The van der Waals surface area contributed by atoms with Crippen molar-refractivity contribution in [3.8, 4) is 6.07 Å². The molecule has 1 aromatic rings. The van der Waals surface area contributed by atoms with E-state index in [4.69, 9.17) is 4.74 Å². The lowest BCUT2D eigenvalue weighted by molar-refractivity contribution is -0.147. The molecule has 7 heteroatoms. The molecular formula is C18H20N2O4S. The number of rotatable bonds is 3. The summed E-state index contributed by atoms with van der Waals surface area (Å²) in [6, 6.07) is 2.24. The first kappa shape index (κ1) is 16.6. The van der Waals surface area contributed by atoms with Crippen LogP contribution < -0.4 is 5.32 Å². The summed E-state index contributed by atoms with van der Waals surface area (Å²) in [5, 5.41) is 22.5. The number of thiophene rings is 1. The van der Waals surface area contributed by atoms with Gasteiger partial charge in [0.05, 0.1) is 29.6 Å². The van der Waals surface area contributed by atoms with Gasteiger partial charge in [0.15, 0.2) is 0 Å². The maximum atomic E-state index is 12.8. The molecule has 132 valence electrons. The minimum absolute atomic E-state index is 0.325. The van der Waals surface area contributed by atoms with Crippen molar-refractivity contribution in [3.05, 3.63) is 16.0 Å². The molecular weight excluding hydrogens is 340 g/mol. The number of hydrogen-bond donors (Lipinski definition) is 2. The van der Waals surface area contributed by atoms with Gasteiger partial charge < -0.3 is 15.2 Å². The molecule has 0 spiro atoms. The number of aliphatic carboxylic acids is 1. The van der Waals surface area contributed by atoms with Crippen molar-refractivity contribution in [1.82, 2.24) is 0 Å². The Kier molecular flexibility index (Phi) is 4.26. The minimum Gasteiger partial charge on any atom is -0.481 e.